The number of nitrogens with one attached hydrogen (secondary N) is 1. The van der Waals surface area contributed by atoms with E-state index in [9.17, 15) is 29.6 Å². The van der Waals surface area contributed by atoms with E-state index in [1.165, 1.54) is 18.2 Å². The maximum Gasteiger partial charge on any atom is 0.245 e. The summed E-state index contributed by atoms with van der Waals surface area (Å²) in [6.07, 6.45) is 2.98. The van der Waals surface area contributed by atoms with E-state index in [1.807, 2.05) is 0 Å². The molecule has 1 aliphatic heterocycles. The van der Waals surface area contributed by atoms with Crippen LogP contribution in [-0.4, -0.2) is 60.4 Å². The van der Waals surface area contributed by atoms with Crippen molar-refractivity contribution in [3.8, 4) is 0 Å². The molecule has 1 aliphatic rings. The topological polar surface area (TPSA) is 131 Å². The molecule has 13 heteroatoms. The molecule has 1 saturated heterocycles. The van der Waals surface area contributed by atoms with Crippen molar-refractivity contribution in [1.82, 2.24) is 14.0 Å². The fraction of sp³-hybridized carbons (Fsp3) is 0.389. The van der Waals surface area contributed by atoms with Crippen LogP contribution in [0.3, 0.4) is 0 Å². The molecule has 0 saturated carbocycles. The zero-order valence-electron chi connectivity index (χ0n) is 16.6. The highest BCUT2D eigenvalue weighted by Crippen LogP contribution is 2.30. The van der Waals surface area contributed by atoms with Gasteiger partial charge in [-0.1, -0.05) is 12.1 Å². The first kappa shape index (κ1) is 23.7. The number of hydrogen-bond donors (Lipinski definition) is 1. The standard InChI is InChI=1S/C18H22FN3O6S3/c1-29(23,24)21-13-14-8-11-22(12-9-14)31(27,28)17-7-4-10-20-18(17)30(25,26)16-6-3-2-5-15(16)19/h2-7,10,14,21H,8-9,11-13H2,1H3. The molecule has 0 bridgehead atoms. The van der Waals surface area contributed by atoms with Crippen molar-refractivity contribution in [1.29, 1.82) is 0 Å². The molecule has 0 unspecified atom stereocenters. The molecular weight excluding hydrogens is 469 g/mol. The van der Waals surface area contributed by atoms with Gasteiger partial charge in [-0.3, -0.25) is 0 Å². The average molecular weight is 492 g/mol. The number of nitrogens with zero attached hydrogens (tertiary/aromatic N) is 2. The minimum absolute atomic E-state index is 0.0447. The Morgan fingerprint density at radius 2 is 1.61 bits per heavy atom. The molecule has 2 heterocycles. The third-order valence-corrected chi connectivity index (χ3v) is 9.44. The number of benzene rings is 1. The summed E-state index contributed by atoms with van der Waals surface area (Å²) in [4.78, 5) is 2.58. The van der Waals surface area contributed by atoms with Crippen LogP contribution in [0.1, 0.15) is 12.8 Å². The molecule has 31 heavy (non-hydrogen) atoms. The molecule has 0 atom stereocenters. The summed E-state index contributed by atoms with van der Waals surface area (Å²) >= 11 is 0. The third-order valence-electron chi connectivity index (χ3n) is 4.94. The normalized spacial score (nSPS) is 17.0. The lowest BCUT2D eigenvalue weighted by Gasteiger charge is -2.31. The van der Waals surface area contributed by atoms with Gasteiger partial charge in [-0.15, -0.1) is 0 Å². The average Bonchev–Trinajstić information content (AvgIpc) is 2.72. The lowest BCUT2D eigenvalue weighted by atomic mass is 9.99. The van der Waals surface area contributed by atoms with Gasteiger partial charge in [0.05, 0.1) is 6.26 Å². The number of rotatable bonds is 7. The van der Waals surface area contributed by atoms with E-state index in [-0.39, 0.29) is 25.6 Å². The Labute approximate surface area is 181 Å². The van der Waals surface area contributed by atoms with Crippen LogP contribution in [0.4, 0.5) is 4.39 Å². The first-order chi connectivity index (χ1) is 14.4. The van der Waals surface area contributed by atoms with E-state index in [1.54, 1.807) is 0 Å². The number of sulfonamides is 2. The largest absolute Gasteiger partial charge is 0.245 e. The van der Waals surface area contributed by atoms with Gasteiger partial charge in [0.2, 0.25) is 29.9 Å². The molecule has 1 aromatic heterocycles. The summed E-state index contributed by atoms with van der Waals surface area (Å²) in [5, 5.41) is -0.735. The Hall–Kier alpha value is -1.93. The predicted octanol–water partition coefficient (Wildman–Crippen LogP) is 1.00. The van der Waals surface area contributed by atoms with Gasteiger partial charge in [0.1, 0.15) is 15.6 Å². The molecule has 0 spiro atoms. The van der Waals surface area contributed by atoms with E-state index in [0.29, 0.717) is 12.8 Å². The molecule has 2 aromatic rings. The lowest BCUT2D eigenvalue weighted by Crippen LogP contribution is -2.41. The molecular formula is C18H22FN3O6S3. The van der Waals surface area contributed by atoms with E-state index < -0.39 is 50.5 Å². The minimum atomic E-state index is -4.53. The zero-order chi connectivity index (χ0) is 22.9. The molecule has 1 aromatic carbocycles. The maximum absolute atomic E-state index is 14.1. The van der Waals surface area contributed by atoms with Crippen molar-refractivity contribution in [2.75, 3.05) is 25.9 Å². The molecule has 3 rings (SSSR count). The van der Waals surface area contributed by atoms with Gasteiger partial charge in [-0.25, -0.2) is 39.3 Å². The number of pyridine rings is 1. The van der Waals surface area contributed by atoms with Crippen molar-refractivity contribution in [3.05, 3.63) is 48.4 Å². The molecule has 0 aliphatic carbocycles. The second kappa shape index (κ2) is 8.90. The van der Waals surface area contributed by atoms with Gasteiger partial charge in [0, 0.05) is 25.8 Å². The highest BCUT2D eigenvalue weighted by atomic mass is 32.2. The first-order valence-electron chi connectivity index (χ1n) is 9.32. The van der Waals surface area contributed by atoms with Crippen molar-refractivity contribution in [2.24, 2.45) is 5.92 Å². The highest BCUT2D eigenvalue weighted by molar-refractivity contribution is 7.93. The van der Waals surface area contributed by atoms with Crippen molar-refractivity contribution < 1.29 is 29.6 Å². The summed E-state index contributed by atoms with van der Waals surface area (Å²) in [6, 6.07) is 7.12. The van der Waals surface area contributed by atoms with Crippen molar-refractivity contribution in [3.63, 3.8) is 0 Å². The Morgan fingerprint density at radius 1 is 1.00 bits per heavy atom. The van der Waals surface area contributed by atoms with Crippen LogP contribution >= 0.6 is 0 Å². The summed E-state index contributed by atoms with van der Waals surface area (Å²) in [7, 11) is -12.1. The Balaban J connectivity index is 1.88. The van der Waals surface area contributed by atoms with E-state index >= 15 is 0 Å². The smallest absolute Gasteiger partial charge is 0.243 e. The minimum Gasteiger partial charge on any atom is -0.243 e. The molecule has 170 valence electrons. The Morgan fingerprint density at radius 3 is 2.23 bits per heavy atom. The van der Waals surface area contributed by atoms with Crippen LogP contribution in [0.25, 0.3) is 0 Å². The van der Waals surface area contributed by atoms with E-state index in [4.69, 9.17) is 0 Å². The van der Waals surface area contributed by atoms with Crippen LogP contribution in [0, 0.1) is 11.7 Å². The summed E-state index contributed by atoms with van der Waals surface area (Å²) in [6.45, 7) is 0.381. The SMILES string of the molecule is CS(=O)(=O)NCC1CCN(S(=O)(=O)c2cccnc2S(=O)(=O)c2ccccc2F)CC1. The second-order valence-corrected chi connectivity index (χ2v) is 12.8. The van der Waals surface area contributed by atoms with Crippen molar-refractivity contribution in [2.45, 2.75) is 27.7 Å². The summed E-state index contributed by atoms with van der Waals surface area (Å²) in [5.74, 6) is -1.05. The van der Waals surface area contributed by atoms with Crippen LogP contribution in [-0.2, 0) is 29.9 Å². The van der Waals surface area contributed by atoms with Crippen LogP contribution < -0.4 is 4.72 Å². The van der Waals surface area contributed by atoms with Crippen molar-refractivity contribution >= 4 is 29.9 Å². The van der Waals surface area contributed by atoms with Crippen LogP contribution in [0.2, 0.25) is 0 Å². The molecule has 9 nitrogen and oxygen atoms in total. The third kappa shape index (κ3) is 5.29. The summed E-state index contributed by atoms with van der Waals surface area (Å²) < 4.78 is 92.6. The molecule has 0 radical (unpaired) electrons. The van der Waals surface area contributed by atoms with E-state index in [2.05, 4.69) is 9.71 Å². The van der Waals surface area contributed by atoms with Crippen LogP contribution in [0.15, 0.2) is 57.4 Å². The van der Waals surface area contributed by atoms with Crippen LogP contribution in [0.5, 0.6) is 0 Å². The molecule has 0 amide bonds. The number of piperidine rings is 1. The number of aromatic nitrogens is 1. The van der Waals surface area contributed by atoms with Gasteiger partial charge in [0.25, 0.3) is 0 Å². The fourth-order valence-electron chi connectivity index (χ4n) is 3.30. The lowest BCUT2D eigenvalue weighted by molar-refractivity contribution is 0.274. The number of halogens is 1. The highest BCUT2D eigenvalue weighted by Gasteiger charge is 2.36. The second-order valence-electron chi connectivity index (χ2n) is 7.21. The van der Waals surface area contributed by atoms with E-state index in [0.717, 1.165) is 35.0 Å². The number of sulfone groups is 1. The van der Waals surface area contributed by atoms with Gasteiger partial charge in [-0.05, 0) is 43.0 Å². The molecule has 1 N–H and O–H groups in total. The quantitative estimate of drug-likeness (QED) is 0.611. The maximum atomic E-state index is 14.1. The van der Waals surface area contributed by atoms with Gasteiger partial charge in [0.15, 0.2) is 5.03 Å². The van der Waals surface area contributed by atoms with Gasteiger partial charge >= 0.3 is 0 Å². The Kier molecular flexibility index (Phi) is 6.81. The monoisotopic (exact) mass is 491 g/mol. The van der Waals surface area contributed by atoms with Gasteiger partial charge in [-0.2, -0.15) is 4.31 Å². The zero-order valence-corrected chi connectivity index (χ0v) is 19.1. The first-order valence-corrected chi connectivity index (χ1v) is 14.1. The molecule has 1 fully saturated rings. The van der Waals surface area contributed by atoms with Gasteiger partial charge < -0.3 is 0 Å². The summed E-state index contributed by atoms with van der Waals surface area (Å²) in [5.41, 5.74) is 0. The Bertz CT molecular complexity index is 1270. The predicted molar refractivity (Wildman–Crippen MR) is 110 cm³/mol. The fourth-order valence-corrected chi connectivity index (χ4v) is 7.30. The number of hydrogen-bond acceptors (Lipinski definition) is 7.